The molecule has 0 radical (unpaired) electrons. The van der Waals surface area contributed by atoms with Crippen molar-refractivity contribution in [1.29, 1.82) is 0 Å². The monoisotopic (exact) mass is 264 g/mol. The maximum Gasteiger partial charge on any atom is 0.309 e. The molecule has 1 aliphatic rings. The van der Waals surface area contributed by atoms with E-state index in [-0.39, 0.29) is 17.6 Å². The Hall–Kier alpha value is -0.620. The van der Waals surface area contributed by atoms with E-state index in [1.807, 2.05) is 0 Å². The van der Waals surface area contributed by atoms with E-state index in [1.54, 1.807) is 6.92 Å². The van der Waals surface area contributed by atoms with Gasteiger partial charge in [-0.15, -0.1) is 0 Å². The molecule has 1 saturated heterocycles. The summed E-state index contributed by atoms with van der Waals surface area (Å²) in [5.74, 6) is -1.26. The lowest BCUT2D eigenvalue weighted by Gasteiger charge is -2.22. The zero-order valence-electron chi connectivity index (χ0n) is 10.3. The van der Waals surface area contributed by atoms with Crippen LogP contribution in [0, 0.1) is 5.92 Å². The zero-order chi connectivity index (χ0) is 12.9. The summed E-state index contributed by atoms with van der Waals surface area (Å²) in [7, 11) is -2.00. The summed E-state index contributed by atoms with van der Waals surface area (Å²) in [5, 5.41) is 0. The van der Waals surface area contributed by atoms with Crippen molar-refractivity contribution in [3.8, 4) is 0 Å². The van der Waals surface area contributed by atoms with Crippen LogP contribution < -0.4 is 0 Å². The van der Waals surface area contributed by atoms with E-state index in [1.165, 1.54) is 7.11 Å². The standard InChI is InChI=1S/C11H20O5S/c1-9(11(12)15-2)7-17(13,14)8-10-5-3-4-6-16-10/h9-10H,3-8H2,1-2H3. The Balaban J connectivity index is 2.47. The average Bonchev–Trinajstić information content (AvgIpc) is 2.27. The minimum absolute atomic E-state index is 0.00827. The largest absolute Gasteiger partial charge is 0.469 e. The molecule has 0 aromatic carbocycles. The third-order valence-corrected chi connectivity index (χ3v) is 4.71. The fourth-order valence-electron chi connectivity index (χ4n) is 1.94. The quantitative estimate of drug-likeness (QED) is 0.686. The summed E-state index contributed by atoms with van der Waals surface area (Å²) in [6.45, 7) is 2.19. The molecule has 0 N–H and O–H groups in total. The first-order chi connectivity index (χ1) is 7.94. The Morgan fingerprint density at radius 2 is 2.18 bits per heavy atom. The van der Waals surface area contributed by atoms with Gasteiger partial charge in [-0.25, -0.2) is 8.42 Å². The van der Waals surface area contributed by atoms with Crippen molar-refractivity contribution in [3.05, 3.63) is 0 Å². The Kier molecular flexibility index (Phi) is 5.39. The van der Waals surface area contributed by atoms with Crippen molar-refractivity contribution < 1.29 is 22.7 Å². The van der Waals surface area contributed by atoms with Crippen molar-refractivity contribution in [2.75, 3.05) is 25.2 Å². The van der Waals surface area contributed by atoms with E-state index < -0.39 is 21.7 Å². The zero-order valence-corrected chi connectivity index (χ0v) is 11.2. The van der Waals surface area contributed by atoms with Crippen LogP contribution in [0.5, 0.6) is 0 Å². The van der Waals surface area contributed by atoms with Crippen LogP contribution in [0.2, 0.25) is 0 Å². The molecule has 6 heteroatoms. The summed E-state index contributed by atoms with van der Waals surface area (Å²) < 4.78 is 33.6. The van der Waals surface area contributed by atoms with Gasteiger partial charge in [-0.05, 0) is 19.3 Å². The third-order valence-electron chi connectivity index (χ3n) is 2.82. The Morgan fingerprint density at radius 1 is 1.47 bits per heavy atom. The smallest absolute Gasteiger partial charge is 0.309 e. The van der Waals surface area contributed by atoms with Gasteiger partial charge in [0.25, 0.3) is 0 Å². The number of hydrogen-bond acceptors (Lipinski definition) is 5. The molecular formula is C11H20O5S. The Morgan fingerprint density at radius 3 is 2.71 bits per heavy atom. The van der Waals surface area contributed by atoms with E-state index in [4.69, 9.17) is 4.74 Å². The molecule has 0 aliphatic carbocycles. The lowest BCUT2D eigenvalue weighted by molar-refractivity contribution is -0.144. The molecule has 0 aromatic rings. The van der Waals surface area contributed by atoms with Crippen molar-refractivity contribution in [2.24, 2.45) is 5.92 Å². The van der Waals surface area contributed by atoms with Gasteiger partial charge < -0.3 is 9.47 Å². The predicted octanol–water partition coefficient (Wildman–Crippen LogP) is 0.779. The second-order valence-corrected chi connectivity index (χ2v) is 6.64. The Labute approximate surface area is 102 Å². The number of rotatable bonds is 5. The molecule has 0 saturated carbocycles. The number of carbonyl (C=O) groups excluding carboxylic acids is 1. The van der Waals surface area contributed by atoms with Crippen LogP contribution in [-0.2, 0) is 24.1 Å². The highest BCUT2D eigenvalue weighted by molar-refractivity contribution is 7.91. The van der Waals surface area contributed by atoms with Crippen LogP contribution in [0.4, 0.5) is 0 Å². The van der Waals surface area contributed by atoms with Crippen LogP contribution in [0.1, 0.15) is 26.2 Å². The second kappa shape index (κ2) is 6.35. The van der Waals surface area contributed by atoms with Crippen molar-refractivity contribution in [3.63, 3.8) is 0 Å². The van der Waals surface area contributed by atoms with Gasteiger partial charge in [0.2, 0.25) is 0 Å². The average molecular weight is 264 g/mol. The molecule has 0 bridgehead atoms. The molecule has 0 aromatic heterocycles. The van der Waals surface area contributed by atoms with Gasteiger partial charge in [-0.2, -0.15) is 0 Å². The van der Waals surface area contributed by atoms with E-state index >= 15 is 0 Å². The fraction of sp³-hybridized carbons (Fsp3) is 0.909. The van der Waals surface area contributed by atoms with Crippen LogP contribution >= 0.6 is 0 Å². The number of esters is 1. The Bertz CT molecular complexity index is 343. The molecule has 1 heterocycles. The van der Waals surface area contributed by atoms with E-state index in [0.717, 1.165) is 19.3 Å². The topological polar surface area (TPSA) is 69.7 Å². The maximum atomic E-state index is 11.8. The summed E-state index contributed by atoms with van der Waals surface area (Å²) >= 11 is 0. The highest BCUT2D eigenvalue weighted by atomic mass is 32.2. The number of ether oxygens (including phenoxy) is 2. The molecule has 0 amide bonds. The molecule has 0 spiro atoms. The fourth-order valence-corrected chi connectivity index (χ4v) is 3.80. The van der Waals surface area contributed by atoms with Gasteiger partial charge >= 0.3 is 5.97 Å². The van der Waals surface area contributed by atoms with Crippen molar-refractivity contribution in [1.82, 2.24) is 0 Å². The summed E-state index contributed by atoms with van der Waals surface area (Å²) in [5.41, 5.74) is 0. The number of methoxy groups -OCH3 is 1. The molecule has 2 atom stereocenters. The third kappa shape index (κ3) is 5.04. The SMILES string of the molecule is COC(=O)C(C)CS(=O)(=O)CC1CCCCO1. The molecule has 2 unspecified atom stereocenters. The lowest BCUT2D eigenvalue weighted by atomic mass is 10.1. The normalized spacial score (nSPS) is 23.1. The predicted molar refractivity (Wildman–Crippen MR) is 63.4 cm³/mol. The van der Waals surface area contributed by atoms with Gasteiger partial charge in [0.1, 0.15) is 0 Å². The molecule has 5 nitrogen and oxygen atoms in total. The molecular weight excluding hydrogens is 244 g/mol. The minimum Gasteiger partial charge on any atom is -0.469 e. The number of carbonyl (C=O) groups is 1. The second-order valence-electron chi connectivity index (χ2n) is 4.49. The van der Waals surface area contributed by atoms with Crippen LogP contribution in [-0.4, -0.2) is 45.7 Å². The van der Waals surface area contributed by atoms with Crippen LogP contribution in [0.3, 0.4) is 0 Å². The van der Waals surface area contributed by atoms with Gasteiger partial charge in [-0.1, -0.05) is 6.92 Å². The molecule has 1 aliphatic heterocycles. The van der Waals surface area contributed by atoms with E-state index in [2.05, 4.69) is 4.74 Å². The highest BCUT2D eigenvalue weighted by Crippen LogP contribution is 2.16. The highest BCUT2D eigenvalue weighted by Gasteiger charge is 2.26. The molecule has 100 valence electrons. The summed E-state index contributed by atoms with van der Waals surface area (Å²) in [6.07, 6.45) is 2.58. The number of sulfone groups is 1. The lowest BCUT2D eigenvalue weighted by Crippen LogP contribution is -2.32. The van der Waals surface area contributed by atoms with E-state index in [9.17, 15) is 13.2 Å². The summed E-state index contributed by atoms with van der Waals surface area (Å²) in [4.78, 5) is 11.2. The summed E-state index contributed by atoms with van der Waals surface area (Å²) in [6, 6.07) is 0. The first-order valence-electron chi connectivity index (χ1n) is 5.84. The maximum absolute atomic E-state index is 11.8. The molecule has 1 rings (SSSR count). The van der Waals surface area contributed by atoms with Crippen molar-refractivity contribution >= 4 is 15.8 Å². The van der Waals surface area contributed by atoms with Gasteiger partial charge in [0.05, 0.1) is 30.6 Å². The molecule has 17 heavy (non-hydrogen) atoms. The van der Waals surface area contributed by atoms with Gasteiger partial charge in [-0.3, -0.25) is 4.79 Å². The van der Waals surface area contributed by atoms with Crippen LogP contribution in [0.25, 0.3) is 0 Å². The van der Waals surface area contributed by atoms with E-state index in [0.29, 0.717) is 6.61 Å². The van der Waals surface area contributed by atoms with Gasteiger partial charge in [0.15, 0.2) is 9.84 Å². The molecule has 1 fully saturated rings. The first-order valence-corrected chi connectivity index (χ1v) is 7.66. The number of hydrogen-bond donors (Lipinski definition) is 0. The van der Waals surface area contributed by atoms with Crippen molar-refractivity contribution in [2.45, 2.75) is 32.3 Å². The van der Waals surface area contributed by atoms with Crippen LogP contribution in [0.15, 0.2) is 0 Å². The first kappa shape index (κ1) is 14.4. The van der Waals surface area contributed by atoms with Gasteiger partial charge in [0, 0.05) is 6.61 Å². The minimum atomic E-state index is -3.26.